The zero-order chi connectivity index (χ0) is 17.9. The molecule has 0 atom stereocenters. The summed E-state index contributed by atoms with van der Waals surface area (Å²) in [4.78, 5) is 18.7. The van der Waals surface area contributed by atoms with Gasteiger partial charge in [0.15, 0.2) is 5.82 Å². The summed E-state index contributed by atoms with van der Waals surface area (Å²) in [5.74, 6) is 0.782. The number of hydrogen-bond donors (Lipinski definition) is 1. The Hall–Kier alpha value is -2.91. The molecule has 0 radical (unpaired) electrons. The molecule has 1 aromatic heterocycles. The van der Waals surface area contributed by atoms with Gasteiger partial charge in [-0.05, 0) is 24.3 Å². The van der Waals surface area contributed by atoms with Crippen LogP contribution in [0.15, 0.2) is 30.5 Å². The number of aromatic nitrogens is 3. The molecule has 1 aliphatic heterocycles. The van der Waals surface area contributed by atoms with Gasteiger partial charge in [-0.1, -0.05) is 0 Å². The van der Waals surface area contributed by atoms with Crippen molar-refractivity contribution in [1.82, 2.24) is 20.1 Å². The maximum atomic E-state index is 12.6. The van der Waals surface area contributed by atoms with Crippen LogP contribution in [0.5, 0.6) is 0 Å². The molecule has 7 nitrogen and oxygen atoms in total. The van der Waals surface area contributed by atoms with E-state index in [9.17, 15) is 18.0 Å². The minimum atomic E-state index is -4.37. The van der Waals surface area contributed by atoms with Crippen LogP contribution in [0.4, 0.5) is 30.6 Å². The van der Waals surface area contributed by atoms with Crippen molar-refractivity contribution in [3.63, 3.8) is 0 Å². The summed E-state index contributed by atoms with van der Waals surface area (Å²) >= 11 is 0. The minimum Gasteiger partial charge on any atom is -0.352 e. The summed E-state index contributed by atoms with van der Waals surface area (Å²) in [6.45, 7) is 2.43. The molecule has 0 spiro atoms. The Morgan fingerprint density at radius 1 is 1.08 bits per heavy atom. The fraction of sp³-hybridized carbons (Fsp3) is 0.333. The van der Waals surface area contributed by atoms with Gasteiger partial charge in [0.2, 0.25) is 12.4 Å². The van der Waals surface area contributed by atoms with Crippen LogP contribution in [0.2, 0.25) is 0 Å². The third-order valence-electron chi connectivity index (χ3n) is 3.80. The second-order valence-corrected chi connectivity index (χ2v) is 5.47. The molecule has 25 heavy (non-hydrogen) atoms. The van der Waals surface area contributed by atoms with Crippen molar-refractivity contribution in [3.8, 4) is 0 Å². The topological polar surface area (TPSA) is 74.2 Å². The quantitative estimate of drug-likeness (QED) is 0.848. The van der Waals surface area contributed by atoms with Crippen LogP contribution in [0.1, 0.15) is 5.56 Å². The molecule has 1 amide bonds. The Kier molecular flexibility index (Phi) is 4.68. The van der Waals surface area contributed by atoms with E-state index >= 15 is 0 Å². The van der Waals surface area contributed by atoms with Gasteiger partial charge in [-0.15, -0.1) is 5.10 Å². The monoisotopic (exact) mass is 352 g/mol. The van der Waals surface area contributed by atoms with E-state index in [0.717, 1.165) is 18.5 Å². The number of rotatable bonds is 4. The first kappa shape index (κ1) is 16.9. The molecular formula is C15H15F3N6O. The van der Waals surface area contributed by atoms with Gasteiger partial charge < -0.3 is 15.1 Å². The molecule has 0 aliphatic carbocycles. The Morgan fingerprint density at radius 3 is 2.36 bits per heavy atom. The number of carbonyl (C=O) groups is 1. The first-order chi connectivity index (χ1) is 12.0. The number of carbonyl (C=O) groups excluding carboxylic acids is 1. The smallest absolute Gasteiger partial charge is 0.352 e. The summed E-state index contributed by atoms with van der Waals surface area (Å²) in [6, 6.07) is 4.58. The van der Waals surface area contributed by atoms with E-state index in [-0.39, 0.29) is 5.95 Å². The highest BCUT2D eigenvalue weighted by Gasteiger charge is 2.30. The largest absolute Gasteiger partial charge is 0.416 e. The highest BCUT2D eigenvalue weighted by molar-refractivity contribution is 5.55. The number of hydrogen-bond acceptors (Lipinski definition) is 6. The number of nitrogens with one attached hydrogen (secondary N) is 1. The summed E-state index contributed by atoms with van der Waals surface area (Å²) in [7, 11) is 0. The first-order valence-electron chi connectivity index (χ1n) is 7.54. The van der Waals surface area contributed by atoms with E-state index in [4.69, 9.17) is 0 Å². The highest BCUT2D eigenvalue weighted by Crippen LogP contribution is 2.30. The van der Waals surface area contributed by atoms with Crippen molar-refractivity contribution < 1.29 is 18.0 Å². The van der Waals surface area contributed by atoms with Gasteiger partial charge in [-0.25, -0.2) is 0 Å². The van der Waals surface area contributed by atoms with E-state index < -0.39 is 11.7 Å². The number of amides is 1. The van der Waals surface area contributed by atoms with Gasteiger partial charge in [0.05, 0.1) is 11.8 Å². The van der Waals surface area contributed by atoms with E-state index in [2.05, 4.69) is 20.5 Å². The molecule has 2 aromatic rings. The molecule has 3 rings (SSSR count). The molecule has 0 saturated carbocycles. The Morgan fingerprint density at radius 2 is 1.76 bits per heavy atom. The fourth-order valence-corrected chi connectivity index (χ4v) is 2.43. The number of nitrogens with zero attached hydrogens (tertiary/aromatic N) is 5. The van der Waals surface area contributed by atoms with Crippen molar-refractivity contribution in [2.75, 3.05) is 36.4 Å². The molecule has 1 aliphatic rings. The van der Waals surface area contributed by atoms with E-state index in [1.54, 1.807) is 4.90 Å². The van der Waals surface area contributed by atoms with Crippen molar-refractivity contribution in [2.45, 2.75) is 6.18 Å². The van der Waals surface area contributed by atoms with Crippen molar-refractivity contribution in [1.29, 1.82) is 0 Å². The van der Waals surface area contributed by atoms with Crippen molar-refractivity contribution in [3.05, 3.63) is 36.0 Å². The van der Waals surface area contributed by atoms with Crippen LogP contribution in [0.25, 0.3) is 0 Å². The standard InChI is InChI=1S/C15H15F3N6O/c16-15(17,18)11-1-3-12(4-2-11)20-14-21-13(9-19-22-14)24-7-5-23(10-25)6-8-24/h1-4,9-10H,5-8H2,(H,20,21,22). The molecule has 1 fully saturated rings. The maximum absolute atomic E-state index is 12.6. The van der Waals surface area contributed by atoms with Crippen LogP contribution >= 0.6 is 0 Å². The van der Waals surface area contributed by atoms with Crippen LogP contribution in [0.3, 0.4) is 0 Å². The molecule has 1 N–H and O–H groups in total. The SMILES string of the molecule is O=CN1CCN(c2cnnc(Nc3ccc(C(F)(F)F)cc3)n2)CC1. The summed E-state index contributed by atoms with van der Waals surface area (Å²) in [6.07, 6.45) is -2.05. The number of halogens is 3. The van der Waals surface area contributed by atoms with Crippen LogP contribution in [-0.2, 0) is 11.0 Å². The average Bonchev–Trinajstić information content (AvgIpc) is 2.62. The predicted molar refractivity (Wildman–Crippen MR) is 84.4 cm³/mol. The lowest BCUT2D eigenvalue weighted by atomic mass is 10.2. The molecule has 0 unspecified atom stereocenters. The van der Waals surface area contributed by atoms with Gasteiger partial charge in [0, 0.05) is 31.9 Å². The molecule has 1 saturated heterocycles. The third-order valence-corrected chi connectivity index (χ3v) is 3.80. The molecule has 0 bridgehead atoms. The number of benzene rings is 1. The Bertz CT molecular complexity index is 729. The average molecular weight is 352 g/mol. The second kappa shape index (κ2) is 6.91. The third kappa shape index (κ3) is 4.14. The first-order valence-corrected chi connectivity index (χ1v) is 7.54. The number of piperazine rings is 1. The summed E-state index contributed by atoms with van der Waals surface area (Å²) in [5.41, 5.74) is -0.295. The molecule has 10 heteroatoms. The van der Waals surface area contributed by atoms with Gasteiger partial charge in [0.1, 0.15) is 0 Å². The maximum Gasteiger partial charge on any atom is 0.416 e. The van der Waals surface area contributed by atoms with Gasteiger partial charge >= 0.3 is 6.18 Å². The second-order valence-electron chi connectivity index (χ2n) is 5.47. The van der Waals surface area contributed by atoms with Gasteiger partial charge in [-0.3, -0.25) is 4.79 Å². The lowest BCUT2D eigenvalue weighted by molar-refractivity contribution is -0.137. The number of alkyl halides is 3. The van der Waals surface area contributed by atoms with Crippen molar-refractivity contribution in [2.24, 2.45) is 0 Å². The Labute approximate surface area is 141 Å². The van der Waals surface area contributed by atoms with Crippen molar-refractivity contribution >= 4 is 23.9 Å². The van der Waals surface area contributed by atoms with Crippen LogP contribution in [-0.4, -0.2) is 52.7 Å². The van der Waals surface area contributed by atoms with E-state index in [1.807, 2.05) is 4.90 Å². The van der Waals surface area contributed by atoms with Gasteiger partial charge in [0.25, 0.3) is 0 Å². The molecule has 2 heterocycles. The zero-order valence-electron chi connectivity index (χ0n) is 13.1. The summed E-state index contributed by atoms with van der Waals surface area (Å²) < 4.78 is 37.7. The predicted octanol–water partition coefficient (Wildman–Crippen LogP) is 1.91. The fourth-order valence-electron chi connectivity index (χ4n) is 2.43. The number of anilines is 3. The highest BCUT2D eigenvalue weighted by atomic mass is 19.4. The van der Waals surface area contributed by atoms with Crippen LogP contribution < -0.4 is 10.2 Å². The van der Waals surface area contributed by atoms with E-state index in [0.29, 0.717) is 37.7 Å². The minimum absolute atomic E-state index is 0.190. The van der Waals surface area contributed by atoms with Crippen LogP contribution in [0, 0.1) is 0 Å². The van der Waals surface area contributed by atoms with Gasteiger partial charge in [-0.2, -0.15) is 23.3 Å². The molecule has 1 aromatic carbocycles. The zero-order valence-corrected chi connectivity index (χ0v) is 13.1. The lowest BCUT2D eigenvalue weighted by Gasteiger charge is -2.33. The lowest BCUT2D eigenvalue weighted by Crippen LogP contribution is -2.46. The summed E-state index contributed by atoms with van der Waals surface area (Å²) in [5, 5.41) is 10.6. The normalized spacial score (nSPS) is 15.2. The molecule has 132 valence electrons. The van der Waals surface area contributed by atoms with E-state index in [1.165, 1.54) is 18.3 Å². The Balaban J connectivity index is 1.69. The molecular weight excluding hydrogens is 337 g/mol.